The monoisotopic (exact) mass is 335 g/mol. The number of hydrogen-bond donors (Lipinski definition) is 2. The summed E-state index contributed by atoms with van der Waals surface area (Å²) in [5, 5.41) is 2.77. The van der Waals surface area contributed by atoms with Crippen LogP contribution in [0.25, 0.3) is 0 Å². The van der Waals surface area contributed by atoms with Gasteiger partial charge in [0.2, 0.25) is 10.0 Å². The van der Waals surface area contributed by atoms with Gasteiger partial charge < -0.3 is 5.32 Å². The lowest BCUT2D eigenvalue weighted by Gasteiger charge is -2.19. The van der Waals surface area contributed by atoms with Gasteiger partial charge in [-0.2, -0.15) is 0 Å². The lowest BCUT2D eigenvalue weighted by atomic mass is 9.98. The highest BCUT2D eigenvalue weighted by Gasteiger charge is 2.22. The van der Waals surface area contributed by atoms with Crippen LogP contribution >= 0.6 is 15.9 Å². The lowest BCUT2D eigenvalue weighted by Crippen LogP contribution is -2.32. The van der Waals surface area contributed by atoms with Crippen molar-refractivity contribution in [2.24, 2.45) is 5.41 Å². The van der Waals surface area contributed by atoms with Crippen LogP contribution in [-0.2, 0) is 10.0 Å². The summed E-state index contributed by atoms with van der Waals surface area (Å²) in [6.07, 6.45) is 1.55. The Labute approximate surface area is 117 Å². The number of halogens is 1. The van der Waals surface area contributed by atoms with Crippen molar-refractivity contribution in [1.29, 1.82) is 0 Å². The molecular weight excluding hydrogens is 318 g/mol. The van der Waals surface area contributed by atoms with Crippen LogP contribution in [0.15, 0.2) is 21.6 Å². The molecule has 5 nitrogen and oxygen atoms in total. The van der Waals surface area contributed by atoms with E-state index in [-0.39, 0.29) is 10.3 Å². The van der Waals surface area contributed by atoms with Crippen LogP contribution in [0.1, 0.15) is 20.8 Å². The number of aromatic nitrogens is 1. The predicted octanol–water partition coefficient (Wildman–Crippen LogP) is 2.21. The number of nitrogens with one attached hydrogen (secondary N) is 2. The van der Waals surface area contributed by atoms with Crippen molar-refractivity contribution in [1.82, 2.24) is 9.71 Å². The Hall–Kier alpha value is -0.660. The van der Waals surface area contributed by atoms with Gasteiger partial charge in [0.15, 0.2) is 0 Å². The van der Waals surface area contributed by atoms with Crippen LogP contribution in [0.5, 0.6) is 0 Å². The molecule has 0 bridgehead atoms. The van der Waals surface area contributed by atoms with E-state index >= 15 is 0 Å². The van der Waals surface area contributed by atoms with Gasteiger partial charge in [-0.3, -0.25) is 0 Å². The number of anilines is 1. The molecule has 0 unspecified atom stereocenters. The molecule has 0 spiro atoms. The second kappa shape index (κ2) is 5.54. The summed E-state index contributed by atoms with van der Waals surface area (Å²) < 4.78 is 27.6. The third-order valence-corrected chi connectivity index (χ3v) is 3.99. The molecule has 0 saturated carbocycles. The molecular formula is C11H18BrN3O2S. The smallest absolute Gasteiger partial charge is 0.244 e. The molecule has 0 aliphatic carbocycles. The minimum Gasteiger partial charge on any atom is -0.372 e. The van der Waals surface area contributed by atoms with E-state index in [9.17, 15) is 8.42 Å². The van der Waals surface area contributed by atoms with Crippen molar-refractivity contribution >= 4 is 31.8 Å². The second-order valence-electron chi connectivity index (χ2n) is 5.14. The summed E-state index contributed by atoms with van der Waals surface area (Å²) in [6, 6.07) is 1.53. The van der Waals surface area contributed by atoms with E-state index in [0.29, 0.717) is 16.8 Å². The van der Waals surface area contributed by atoms with Gasteiger partial charge >= 0.3 is 0 Å². The Kier molecular flexibility index (Phi) is 4.74. The topological polar surface area (TPSA) is 71.1 Å². The lowest BCUT2D eigenvalue weighted by molar-refractivity contribution is 0.407. The van der Waals surface area contributed by atoms with Crippen molar-refractivity contribution in [2.75, 3.05) is 18.9 Å². The molecule has 0 radical (unpaired) electrons. The van der Waals surface area contributed by atoms with Crippen molar-refractivity contribution < 1.29 is 8.42 Å². The fourth-order valence-corrected chi connectivity index (χ4v) is 3.16. The number of sulfonamides is 1. The van der Waals surface area contributed by atoms with E-state index in [1.54, 1.807) is 13.2 Å². The molecule has 1 aromatic rings. The summed E-state index contributed by atoms with van der Waals surface area (Å²) in [5.74, 6) is 0.333. The van der Waals surface area contributed by atoms with Gasteiger partial charge in [0.25, 0.3) is 0 Å². The molecule has 0 saturated heterocycles. The summed E-state index contributed by atoms with van der Waals surface area (Å²) in [7, 11) is -1.93. The Morgan fingerprint density at radius 1 is 1.39 bits per heavy atom. The summed E-state index contributed by atoms with van der Waals surface area (Å²) in [5.41, 5.74) is -0.119. The molecule has 1 rings (SSSR count). The van der Waals surface area contributed by atoms with E-state index in [1.165, 1.54) is 6.07 Å². The van der Waals surface area contributed by atoms with Crippen molar-refractivity contribution in [3.63, 3.8) is 0 Å². The molecule has 1 heterocycles. The molecule has 18 heavy (non-hydrogen) atoms. The number of nitrogens with zero attached hydrogens (tertiary/aromatic N) is 1. The molecule has 0 aromatic carbocycles. The number of rotatable bonds is 4. The second-order valence-corrected chi connectivity index (χ2v) is 7.79. The Bertz CT molecular complexity index is 524. The zero-order valence-electron chi connectivity index (χ0n) is 10.9. The molecule has 0 amide bonds. The molecule has 0 aliphatic rings. The van der Waals surface area contributed by atoms with Crippen molar-refractivity contribution in [3.05, 3.63) is 16.7 Å². The Balaban J connectivity index is 3.08. The van der Waals surface area contributed by atoms with Gasteiger partial charge in [-0.05, 0) is 27.4 Å². The zero-order chi connectivity index (χ0) is 14.0. The first-order chi connectivity index (χ1) is 8.15. The maximum atomic E-state index is 12.2. The van der Waals surface area contributed by atoms with Gasteiger partial charge in [0.1, 0.15) is 10.7 Å². The maximum Gasteiger partial charge on any atom is 0.244 e. The van der Waals surface area contributed by atoms with Gasteiger partial charge in [-0.25, -0.2) is 18.1 Å². The minimum atomic E-state index is -3.56. The first-order valence-electron chi connectivity index (χ1n) is 5.49. The highest BCUT2D eigenvalue weighted by Crippen LogP contribution is 2.23. The van der Waals surface area contributed by atoms with Crippen LogP contribution in [0.3, 0.4) is 0 Å². The maximum absolute atomic E-state index is 12.2. The number of hydrogen-bond acceptors (Lipinski definition) is 4. The fraction of sp³-hybridized carbons (Fsp3) is 0.545. The highest BCUT2D eigenvalue weighted by atomic mass is 79.9. The van der Waals surface area contributed by atoms with E-state index < -0.39 is 10.0 Å². The molecule has 7 heteroatoms. The molecule has 0 fully saturated rings. The standard InChI is InChI=1S/C11H18BrN3O2S/c1-11(2,3)7-15-18(16,17)9-5-8(12)6-14-10(9)13-4/h5-6,15H,7H2,1-4H3,(H,13,14). The predicted molar refractivity (Wildman–Crippen MR) is 76.1 cm³/mol. The summed E-state index contributed by atoms with van der Waals surface area (Å²) >= 11 is 3.23. The molecule has 102 valence electrons. The molecule has 0 aliphatic heterocycles. The fourth-order valence-electron chi connectivity index (χ4n) is 1.20. The Morgan fingerprint density at radius 3 is 2.50 bits per heavy atom. The van der Waals surface area contributed by atoms with Crippen molar-refractivity contribution in [3.8, 4) is 0 Å². The van der Waals surface area contributed by atoms with Gasteiger partial charge in [-0.15, -0.1) is 0 Å². The highest BCUT2D eigenvalue weighted by molar-refractivity contribution is 9.10. The van der Waals surface area contributed by atoms with Crippen LogP contribution in [-0.4, -0.2) is 27.0 Å². The third kappa shape index (κ3) is 4.22. The van der Waals surface area contributed by atoms with Gasteiger partial charge in [0.05, 0.1) is 0 Å². The average Bonchev–Trinajstić information content (AvgIpc) is 2.26. The normalized spacial score (nSPS) is 12.5. The van der Waals surface area contributed by atoms with Crippen LogP contribution in [0.2, 0.25) is 0 Å². The van der Waals surface area contributed by atoms with Crippen LogP contribution in [0.4, 0.5) is 5.82 Å². The first-order valence-corrected chi connectivity index (χ1v) is 7.76. The van der Waals surface area contributed by atoms with Crippen molar-refractivity contribution in [2.45, 2.75) is 25.7 Å². The van der Waals surface area contributed by atoms with E-state index in [4.69, 9.17) is 0 Å². The third-order valence-electron chi connectivity index (χ3n) is 2.14. The van der Waals surface area contributed by atoms with Gasteiger partial charge in [0, 0.05) is 24.3 Å². The molecule has 1 aromatic heterocycles. The summed E-state index contributed by atoms with van der Waals surface area (Å²) in [4.78, 5) is 4.17. The molecule has 0 atom stereocenters. The van der Waals surface area contributed by atoms with Crippen LogP contribution in [0, 0.1) is 5.41 Å². The number of pyridine rings is 1. The Morgan fingerprint density at radius 2 is 2.00 bits per heavy atom. The van der Waals surface area contributed by atoms with E-state index in [2.05, 4.69) is 31.0 Å². The van der Waals surface area contributed by atoms with Gasteiger partial charge in [-0.1, -0.05) is 20.8 Å². The molecule has 2 N–H and O–H groups in total. The average molecular weight is 336 g/mol. The summed E-state index contributed by atoms with van der Waals surface area (Å²) in [6.45, 7) is 6.26. The SMILES string of the molecule is CNc1ncc(Br)cc1S(=O)(=O)NCC(C)(C)C. The quantitative estimate of drug-likeness (QED) is 0.884. The zero-order valence-corrected chi connectivity index (χ0v) is 13.3. The van der Waals surface area contributed by atoms with E-state index in [1.807, 2.05) is 20.8 Å². The van der Waals surface area contributed by atoms with E-state index in [0.717, 1.165) is 0 Å². The minimum absolute atomic E-state index is 0.119. The van der Waals surface area contributed by atoms with Crippen LogP contribution < -0.4 is 10.0 Å². The largest absolute Gasteiger partial charge is 0.372 e. The first kappa shape index (κ1) is 15.4.